The first-order chi connectivity index (χ1) is 15.3. The molecule has 1 aliphatic rings. The minimum Gasteiger partial charge on any atom is -0.489 e. The smallest absolute Gasteiger partial charge is 0.232 e. The van der Waals surface area contributed by atoms with Crippen LogP contribution in [-0.2, 0) is 11.4 Å². The Labute approximate surface area is 180 Å². The number of anilines is 1. The summed E-state index contributed by atoms with van der Waals surface area (Å²) < 4.78 is 11.3. The molecule has 5 rings (SSSR count). The number of rotatable bonds is 6. The number of aromatic nitrogens is 2. The molecule has 154 valence electrons. The van der Waals surface area contributed by atoms with Gasteiger partial charge in [-0.25, -0.2) is 0 Å². The van der Waals surface area contributed by atoms with E-state index in [-0.39, 0.29) is 11.8 Å². The summed E-state index contributed by atoms with van der Waals surface area (Å²) in [4.78, 5) is 18.8. The van der Waals surface area contributed by atoms with Crippen molar-refractivity contribution in [2.75, 3.05) is 11.4 Å². The highest BCUT2D eigenvalue weighted by Crippen LogP contribution is 2.32. The lowest BCUT2D eigenvalue weighted by molar-refractivity contribution is -0.117. The molecule has 0 radical (unpaired) electrons. The fourth-order valence-corrected chi connectivity index (χ4v) is 3.69. The summed E-state index contributed by atoms with van der Waals surface area (Å²) in [7, 11) is 0. The van der Waals surface area contributed by atoms with Gasteiger partial charge in [-0.1, -0.05) is 53.7 Å². The number of hydrogen-bond donors (Lipinski definition) is 0. The molecule has 1 atom stereocenters. The lowest BCUT2D eigenvalue weighted by atomic mass is 10.1. The average molecular weight is 411 g/mol. The highest BCUT2D eigenvalue weighted by Gasteiger charge is 2.35. The molecule has 2 heterocycles. The maximum absolute atomic E-state index is 12.5. The second-order valence-corrected chi connectivity index (χ2v) is 7.50. The molecule has 1 saturated heterocycles. The molecule has 1 fully saturated rings. The minimum absolute atomic E-state index is 0.0656. The summed E-state index contributed by atoms with van der Waals surface area (Å²) in [5.41, 5.74) is 2.84. The zero-order chi connectivity index (χ0) is 21.0. The van der Waals surface area contributed by atoms with Crippen LogP contribution in [0.1, 0.15) is 23.8 Å². The number of carbonyl (C=O) groups excluding carboxylic acids is 1. The van der Waals surface area contributed by atoms with Crippen LogP contribution in [0.2, 0.25) is 0 Å². The van der Waals surface area contributed by atoms with Crippen LogP contribution in [0.5, 0.6) is 5.75 Å². The van der Waals surface area contributed by atoms with Gasteiger partial charge in [0.2, 0.25) is 17.6 Å². The Hall–Kier alpha value is -3.93. The fourth-order valence-electron chi connectivity index (χ4n) is 3.69. The highest BCUT2D eigenvalue weighted by atomic mass is 16.5. The first-order valence-corrected chi connectivity index (χ1v) is 10.2. The molecule has 1 amide bonds. The fraction of sp³-hybridized carbons (Fsp3) is 0.160. The number of nitrogens with zero attached hydrogens (tertiary/aromatic N) is 3. The summed E-state index contributed by atoms with van der Waals surface area (Å²) in [5, 5.41) is 4.12. The molecular weight excluding hydrogens is 390 g/mol. The van der Waals surface area contributed by atoms with E-state index in [1.54, 1.807) is 4.90 Å². The number of benzene rings is 3. The van der Waals surface area contributed by atoms with Gasteiger partial charge in [-0.05, 0) is 42.0 Å². The Kier molecular flexibility index (Phi) is 5.19. The van der Waals surface area contributed by atoms with E-state index >= 15 is 0 Å². The van der Waals surface area contributed by atoms with E-state index in [0.29, 0.717) is 31.3 Å². The number of carbonyl (C=O) groups is 1. The Morgan fingerprint density at radius 3 is 2.39 bits per heavy atom. The summed E-state index contributed by atoms with van der Waals surface area (Å²) in [6.45, 7) is 1.05. The van der Waals surface area contributed by atoms with Gasteiger partial charge < -0.3 is 14.2 Å². The summed E-state index contributed by atoms with van der Waals surface area (Å²) in [5.74, 6) is 1.73. The van der Waals surface area contributed by atoms with Gasteiger partial charge >= 0.3 is 0 Å². The van der Waals surface area contributed by atoms with Crippen molar-refractivity contribution in [2.45, 2.75) is 18.9 Å². The van der Waals surface area contributed by atoms with Crippen molar-refractivity contribution in [3.8, 4) is 17.1 Å². The normalized spacial score (nSPS) is 15.9. The van der Waals surface area contributed by atoms with Crippen LogP contribution in [0, 0.1) is 0 Å². The van der Waals surface area contributed by atoms with Gasteiger partial charge in [0.05, 0.1) is 5.92 Å². The van der Waals surface area contributed by atoms with E-state index in [1.807, 2.05) is 84.9 Å². The van der Waals surface area contributed by atoms with E-state index in [1.165, 1.54) is 0 Å². The van der Waals surface area contributed by atoms with Crippen LogP contribution in [-0.4, -0.2) is 22.6 Å². The first kappa shape index (κ1) is 19.1. The van der Waals surface area contributed by atoms with Crippen LogP contribution in [0.3, 0.4) is 0 Å². The Morgan fingerprint density at radius 2 is 1.65 bits per heavy atom. The molecular formula is C25H21N3O3. The van der Waals surface area contributed by atoms with Gasteiger partial charge in [-0.2, -0.15) is 4.98 Å². The summed E-state index contributed by atoms with van der Waals surface area (Å²) in [6, 6.07) is 27.3. The zero-order valence-electron chi connectivity index (χ0n) is 16.8. The SMILES string of the molecule is O=C1CC(c2nc(-c3ccc(OCc4ccccc4)cc3)no2)CN1c1ccccc1. The van der Waals surface area contributed by atoms with Crippen molar-refractivity contribution >= 4 is 11.6 Å². The van der Waals surface area contributed by atoms with E-state index in [0.717, 1.165) is 22.6 Å². The second-order valence-electron chi connectivity index (χ2n) is 7.50. The topological polar surface area (TPSA) is 68.5 Å². The van der Waals surface area contributed by atoms with Crippen molar-refractivity contribution in [3.63, 3.8) is 0 Å². The van der Waals surface area contributed by atoms with Gasteiger partial charge in [0, 0.05) is 24.2 Å². The van der Waals surface area contributed by atoms with E-state index < -0.39 is 0 Å². The summed E-state index contributed by atoms with van der Waals surface area (Å²) >= 11 is 0. The van der Waals surface area contributed by atoms with Crippen molar-refractivity contribution in [1.29, 1.82) is 0 Å². The monoisotopic (exact) mass is 411 g/mol. The summed E-state index contributed by atoms with van der Waals surface area (Å²) in [6.07, 6.45) is 0.364. The minimum atomic E-state index is -0.109. The molecule has 6 heteroatoms. The quantitative estimate of drug-likeness (QED) is 0.454. The molecule has 1 unspecified atom stereocenters. The molecule has 4 aromatic rings. The largest absolute Gasteiger partial charge is 0.489 e. The molecule has 6 nitrogen and oxygen atoms in total. The van der Waals surface area contributed by atoms with Crippen LogP contribution in [0.15, 0.2) is 89.5 Å². The van der Waals surface area contributed by atoms with E-state index in [2.05, 4.69) is 10.1 Å². The maximum atomic E-state index is 12.5. The Bertz CT molecular complexity index is 1160. The highest BCUT2D eigenvalue weighted by molar-refractivity contribution is 5.96. The van der Waals surface area contributed by atoms with Gasteiger partial charge in [0.1, 0.15) is 12.4 Å². The number of para-hydroxylation sites is 1. The molecule has 0 N–H and O–H groups in total. The molecule has 0 saturated carbocycles. The van der Waals surface area contributed by atoms with Crippen LogP contribution in [0.25, 0.3) is 11.4 Å². The molecule has 1 aromatic heterocycles. The van der Waals surface area contributed by atoms with Gasteiger partial charge in [-0.15, -0.1) is 0 Å². The Morgan fingerprint density at radius 1 is 0.935 bits per heavy atom. The third-order valence-electron chi connectivity index (χ3n) is 5.34. The van der Waals surface area contributed by atoms with E-state index in [9.17, 15) is 4.79 Å². The van der Waals surface area contributed by atoms with Gasteiger partial charge in [0.15, 0.2) is 0 Å². The molecule has 0 aliphatic carbocycles. The predicted octanol–water partition coefficient (Wildman–Crippen LogP) is 4.84. The number of ether oxygens (including phenoxy) is 1. The maximum Gasteiger partial charge on any atom is 0.232 e. The van der Waals surface area contributed by atoms with Crippen molar-refractivity contribution in [3.05, 3.63) is 96.4 Å². The zero-order valence-corrected chi connectivity index (χ0v) is 16.8. The van der Waals surface area contributed by atoms with Crippen LogP contribution >= 0.6 is 0 Å². The lowest BCUT2D eigenvalue weighted by Gasteiger charge is -2.15. The number of hydrogen-bond acceptors (Lipinski definition) is 5. The molecule has 1 aliphatic heterocycles. The Balaban J connectivity index is 1.25. The van der Waals surface area contributed by atoms with Crippen molar-refractivity contribution < 1.29 is 14.1 Å². The standard InChI is InChI=1S/C25H21N3O3/c29-23-15-20(16-28(23)21-9-5-2-6-10-21)25-26-24(27-31-25)19-11-13-22(14-12-19)30-17-18-7-3-1-4-8-18/h1-14,20H,15-17H2. The van der Waals surface area contributed by atoms with Gasteiger partial charge in [-0.3, -0.25) is 4.79 Å². The second kappa shape index (κ2) is 8.44. The third-order valence-corrected chi connectivity index (χ3v) is 5.34. The molecule has 31 heavy (non-hydrogen) atoms. The van der Waals surface area contributed by atoms with Crippen LogP contribution < -0.4 is 9.64 Å². The molecule has 0 bridgehead atoms. The van der Waals surface area contributed by atoms with Gasteiger partial charge in [0.25, 0.3) is 0 Å². The average Bonchev–Trinajstić information content (AvgIpc) is 3.46. The molecule has 0 spiro atoms. The van der Waals surface area contributed by atoms with Crippen molar-refractivity contribution in [1.82, 2.24) is 10.1 Å². The molecule has 3 aromatic carbocycles. The van der Waals surface area contributed by atoms with Crippen molar-refractivity contribution in [2.24, 2.45) is 0 Å². The first-order valence-electron chi connectivity index (χ1n) is 10.2. The lowest BCUT2D eigenvalue weighted by Crippen LogP contribution is -2.24. The third kappa shape index (κ3) is 4.19. The predicted molar refractivity (Wildman–Crippen MR) is 117 cm³/mol. The number of amides is 1. The van der Waals surface area contributed by atoms with Crippen LogP contribution in [0.4, 0.5) is 5.69 Å². The van der Waals surface area contributed by atoms with E-state index in [4.69, 9.17) is 9.26 Å².